The standard InChI is InChI=1S/C15H21ClN2O2/c1-15(2)6-4-11(5-7-15)18(3)13-9-10(14(19)20)8-12(16)17-13/h8-9,11H,4-7H2,1-3H3,(H,19,20). The number of halogens is 1. The Morgan fingerprint density at radius 1 is 1.40 bits per heavy atom. The first-order valence-electron chi connectivity index (χ1n) is 6.92. The number of aromatic carboxylic acids is 1. The lowest BCUT2D eigenvalue weighted by molar-refractivity contribution is 0.0697. The van der Waals surface area contributed by atoms with Gasteiger partial charge in [0.25, 0.3) is 0 Å². The highest BCUT2D eigenvalue weighted by Gasteiger charge is 2.29. The second-order valence-electron chi connectivity index (χ2n) is 6.35. The number of carbonyl (C=O) groups is 1. The summed E-state index contributed by atoms with van der Waals surface area (Å²) in [6.45, 7) is 4.59. The van der Waals surface area contributed by atoms with Crippen LogP contribution in [0.15, 0.2) is 12.1 Å². The molecule has 1 N–H and O–H groups in total. The first-order chi connectivity index (χ1) is 9.28. The maximum Gasteiger partial charge on any atom is 0.335 e. The number of carboxylic acid groups (broad SMARTS) is 1. The lowest BCUT2D eigenvalue weighted by Gasteiger charge is -2.39. The van der Waals surface area contributed by atoms with Gasteiger partial charge in [-0.1, -0.05) is 25.4 Å². The molecular formula is C15H21ClN2O2. The second-order valence-corrected chi connectivity index (χ2v) is 6.74. The summed E-state index contributed by atoms with van der Waals surface area (Å²) in [5.41, 5.74) is 0.591. The smallest absolute Gasteiger partial charge is 0.335 e. The molecular weight excluding hydrogens is 276 g/mol. The average molecular weight is 297 g/mol. The molecule has 1 fully saturated rings. The molecule has 0 unspecified atom stereocenters. The van der Waals surface area contributed by atoms with Crippen LogP contribution in [0.2, 0.25) is 5.15 Å². The zero-order chi connectivity index (χ0) is 14.9. The minimum Gasteiger partial charge on any atom is -0.478 e. The van der Waals surface area contributed by atoms with Crippen LogP contribution in [-0.4, -0.2) is 29.1 Å². The van der Waals surface area contributed by atoms with Crippen LogP contribution in [0.3, 0.4) is 0 Å². The Kier molecular flexibility index (Phi) is 4.23. The van der Waals surface area contributed by atoms with E-state index in [1.807, 2.05) is 7.05 Å². The molecule has 0 radical (unpaired) electrons. The highest BCUT2D eigenvalue weighted by molar-refractivity contribution is 6.29. The van der Waals surface area contributed by atoms with Crippen molar-refractivity contribution in [1.82, 2.24) is 4.98 Å². The molecule has 5 heteroatoms. The molecule has 1 aromatic rings. The predicted molar refractivity (Wildman–Crippen MR) is 80.6 cm³/mol. The van der Waals surface area contributed by atoms with E-state index >= 15 is 0 Å². The van der Waals surface area contributed by atoms with E-state index in [1.54, 1.807) is 6.07 Å². The largest absolute Gasteiger partial charge is 0.478 e. The van der Waals surface area contributed by atoms with Gasteiger partial charge >= 0.3 is 5.97 Å². The minimum atomic E-state index is -0.978. The van der Waals surface area contributed by atoms with Crippen molar-refractivity contribution in [1.29, 1.82) is 0 Å². The lowest BCUT2D eigenvalue weighted by Crippen LogP contribution is -2.37. The fraction of sp³-hybridized carbons (Fsp3) is 0.600. The Hall–Kier alpha value is -1.29. The molecule has 20 heavy (non-hydrogen) atoms. The van der Waals surface area contributed by atoms with Gasteiger partial charge in [-0.2, -0.15) is 0 Å². The van der Waals surface area contributed by atoms with Crippen LogP contribution in [0, 0.1) is 5.41 Å². The summed E-state index contributed by atoms with van der Waals surface area (Å²) in [6.07, 6.45) is 4.54. The molecule has 1 heterocycles. The number of hydrogen-bond donors (Lipinski definition) is 1. The van der Waals surface area contributed by atoms with Crippen LogP contribution in [0.25, 0.3) is 0 Å². The highest BCUT2D eigenvalue weighted by Crippen LogP contribution is 2.37. The van der Waals surface area contributed by atoms with Gasteiger partial charge in [-0.15, -0.1) is 0 Å². The van der Waals surface area contributed by atoms with Crippen molar-refractivity contribution in [3.63, 3.8) is 0 Å². The van der Waals surface area contributed by atoms with Gasteiger partial charge in [0.1, 0.15) is 11.0 Å². The van der Waals surface area contributed by atoms with Gasteiger partial charge in [-0.25, -0.2) is 9.78 Å². The number of anilines is 1. The van der Waals surface area contributed by atoms with Crippen molar-refractivity contribution < 1.29 is 9.90 Å². The number of nitrogens with zero attached hydrogens (tertiary/aromatic N) is 2. The third-order valence-electron chi connectivity index (χ3n) is 4.25. The van der Waals surface area contributed by atoms with E-state index < -0.39 is 5.97 Å². The molecule has 1 aliphatic rings. The van der Waals surface area contributed by atoms with Gasteiger partial charge in [-0.05, 0) is 43.2 Å². The zero-order valence-corrected chi connectivity index (χ0v) is 12.9. The Morgan fingerprint density at radius 2 is 2.00 bits per heavy atom. The van der Waals surface area contributed by atoms with Gasteiger partial charge in [0.05, 0.1) is 5.56 Å². The van der Waals surface area contributed by atoms with Crippen molar-refractivity contribution in [2.24, 2.45) is 5.41 Å². The lowest BCUT2D eigenvalue weighted by atomic mass is 9.75. The van der Waals surface area contributed by atoms with Gasteiger partial charge in [-0.3, -0.25) is 0 Å². The average Bonchev–Trinajstić information content (AvgIpc) is 2.37. The van der Waals surface area contributed by atoms with Crippen LogP contribution < -0.4 is 4.90 Å². The van der Waals surface area contributed by atoms with Crippen molar-refractivity contribution >= 4 is 23.4 Å². The maximum absolute atomic E-state index is 11.1. The zero-order valence-electron chi connectivity index (χ0n) is 12.2. The summed E-state index contributed by atoms with van der Waals surface area (Å²) in [6, 6.07) is 3.37. The predicted octanol–water partition coefficient (Wildman–Crippen LogP) is 3.84. The monoisotopic (exact) mass is 296 g/mol. The highest BCUT2D eigenvalue weighted by atomic mass is 35.5. The van der Waals surface area contributed by atoms with E-state index in [0.717, 1.165) is 12.8 Å². The Bertz CT molecular complexity index is 507. The van der Waals surface area contributed by atoms with Gasteiger partial charge < -0.3 is 10.0 Å². The summed E-state index contributed by atoms with van der Waals surface area (Å²) >= 11 is 5.92. The summed E-state index contributed by atoms with van der Waals surface area (Å²) in [7, 11) is 1.97. The van der Waals surface area contributed by atoms with Gasteiger partial charge in [0.15, 0.2) is 0 Å². The first-order valence-corrected chi connectivity index (χ1v) is 7.30. The van der Waals surface area contributed by atoms with Crippen molar-refractivity contribution in [2.45, 2.75) is 45.6 Å². The molecule has 0 bridgehead atoms. The minimum absolute atomic E-state index is 0.183. The Morgan fingerprint density at radius 3 is 2.55 bits per heavy atom. The van der Waals surface area contributed by atoms with E-state index in [9.17, 15) is 4.79 Å². The van der Waals surface area contributed by atoms with Crippen LogP contribution >= 0.6 is 11.6 Å². The fourth-order valence-corrected chi connectivity index (χ4v) is 2.95. The van der Waals surface area contributed by atoms with Gasteiger partial charge in [0, 0.05) is 13.1 Å². The summed E-state index contributed by atoms with van der Waals surface area (Å²) < 4.78 is 0. The van der Waals surface area contributed by atoms with E-state index in [4.69, 9.17) is 16.7 Å². The molecule has 0 aliphatic heterocycles. The molecule has 1 saturated carbocycles. The van der Waals surface area contributed by atoms with Crippen molar-refractivity contribution in [2.75, 3.05) is 11.9 Å². The number of pyridine rings is 1. The molecule has 0 atom stereocenters. The van der Waals surface area contributed by atoms with Gasteiger partial charge in [0.2, 0.25) is 0 Å². The number of hydrogen-bond acceptors (Lipinski definition) is 3. The van der Waals surface area contributed by atoms with Crippen LogP contribution in [0.1, 0.15) is 49.9 Å². The third-order valence-corrected chi connectivity index (χ3v) is 4.44. The quantitative estimate of drug-likeness (QED) is 0.861. The molecule has 2 rings (SSSR count). The van der Waals surface area contributed by atoms with E-state index in [2.05, 4.69) is 23.7 Å². The molecule has 110 valence electrons. The Balaban J connectivity index is 2.17. The third kappa shape index (κ3) is 3.42. The maximum atomic E-state index is 11.1. The summed E-state index contributed by atoms with van der Waals surface area (Å²) in [4.78, 5) is 17.4. The fourth-order valence-electron chi connectivity index (χ4n) is 2.75. The van der Waals surface area contributed by atoms with Crippen LogP contribution in [0.5, 0.6) is 0 Å². The Labute approximate surface area is 124 Å². The van der Waals surface area contributed by atoms with Crippen molar-refractivity contribution in [3.05, 3.63) is 22.8 Å². The van der Waals surface area contributed by atoms with E-state index in [1.165, 1.54) is 18.9 Å². The molecule has 0 spiro atoms. The second kappa shape index (κ2) is 5.60. The SMILES string of the molecule is CN(c1cc(C(=O)O)cc(Cl)n1)C1CCC(C)(C)CC1. The molecule has 0 amide bonds. The number of carboxylic acids is 1. The normalized spacial score (nSPS) is 18.8. The van der Waals surface area contributed by atoms with E-state index in [0.29, 0.717) is 17.3 Å². The summed E-state index contributed by atoms with van der Waals surface area (Å²) in [5, 5.41) is 9.31. The molecule has 1 aromatic heterocycles. The van der Waals surface area contributed by atoms with Crippen LogP contribution in [0.4, 0.5) is 5.82 Å². The molecule has 4 nitrogen and oxygen atoms in total. The molecule has 1 aliphatic carbocycles. The first kappa shape index (κ1) is 15.1. The van der Waals surface area contributed by atoms with Crippen LogP contribution in [-0.2, 0) is 0 Å². The topological polar surface area (TPSA) is 53.4 Å². The van der Waals surface area contributed by atoms with Crippen molar-refractivity contribution in [3.8, 4) is 0 Å². The number of aromatic nitrogens is 1. The van der Waals surface area contributed by atoms with E-state index in [-0.39, 0.29) is 10.7 Å². The molecule has 0 aromatic carbocycles. The summed E-state index contributed by atoms with van der Waals surface area (Å²) in [5.74, 6) is -0.340. The number of rotatable bonds is 3. The molecule has 0 saturated heterocycles.